The summed E-state index contributed by atoms with van der Waals surface area (Å²) in [5.41, 5.74) is 0.859. The fourth-order valence-corrected chi connectivity index (χ4v) is 4.69. The number of aryl methyl sites for hydroxylation is 1. The third-order valence-corrected chi connectivity index (χ3v) is 6.77. The maximum Gasteiger partial charge on any atom is 0.289 e. The molecule has 0 unspecified atom stereocenters. The molecule has 1 saturated carbocycles. The van der Waals surface area contributed by atoms with Gasteiger partial charge >= 0.3 is 0 Å². The minimum atomic E-state index is -0.112. The van der Waals surface area contributed by atoms with Crippen LogP contribution in [0.3, 0.4) is 0 Å². The molecule has 7 nitrogen and oxygen atoms in total. The molecule has 2 fully saturated rings. The van der Waals surface area contributed by atoms with Gasteiger partial charge in [-0.25, -0.2) is 0 Å². The maximum atomic E-state index is 12.8. The zero-order valence-corrected chi connectivity index (χ0v) is 16.6. The Morgan fingerprint density at radius 2 is 1.86 bits per heavy atom. The Morgan fingerprint density at radius 1 is 1.07 bits per heavy atom. The lowest BCUT2D eigenvalue weighted by Gasteiger charge is -2.27. The molecule has 3 aliphatic rings. The van der Waals surface area contributed by atoms with Crippen LogP contribution in [0.2, 0.25) is 0 Å². The van der Waals surface area contributed by atoms with Gasteiger partial charge in [0.1, 0.15) is 5.82 Å². The molecular formula is C22H27N5O2. The van der Waals surface area contributed by atoms with Crippen molar-refractivity contribution < 1.29 is 9.59 Å². The van der Waals surface area contributed by atoms with E-state index >= 15 is 0 Å². The molecule has 29 heavy (non-hydrogen) atoms. The molecule has 1 spiro atoms. The lowest BCUT2D eigenvalue weighted by atomic mass is 9.80. The van der Waals surface area contributed by atoms with Crippen molar-refractivity contribution >= 4 is 11.8 Å². The summed E-state index contributed by atoms with van der Waals surface area (Å²) in [7, 11) is 0. The minimum Gasteiger partial charge on any atom is -0.349 e. The molecule has 1 saturated heterocycles. The number of benzene rings is 1. The Bertz CT molecular complexity index is 921. The number of carbonyl (C=O) groups excluding carboxylic acids is 2. The summed E-state index contributed by atoms with van der Waals surface area (Å²) >= 11 is 0. The maximum absolute atomic E-state index is 12.8. The van der Waals surface area contributed by atoms with Gasteiger partial charge in [-0.2, -0.15) is 0 Å². The predicted octanol–water partition coefficient (Wildman–Crippen LogP) is 2.29. The van der Waals surface area contributed by atoms with E-state index in [1.807, 2.05) is 39.8 Å². The number of fused-ring (bicyclic) bond motifs is 1. The number of nitrogens with one attached hydrogen (secondary N) is 1. The van der Waals surface area contributed by atoms with Crippen molar-refractivity contribution in [3.8, 4) is 0 Å². The molecule has 1 N–H and O–H groups in total. The second kappa shape index (κ2) is 7.28. The van der Waals surface area contributed by atoms with Crippen LogP contribution in [-0.4, -0.2) is 51.1 Å². The molecule has 1 atom stereocenters. The summed E-state index contributed by atoms with van der Waals surface area (Å²) in [6, 6.07) is 9.52. The van der Waals surface area contributed by atoms with E-state index < -0.39 is 0 Å². The van der Waals surface area contributed by atoms with Crippen LogP contribution in [-0.2, 0) is 13.0 Å². The number of carbonyl (C=O) groups is 2. The summed E-state index contributed by atoms with van der Waals surface area (Å²) in [4.78, 5) is 27.4. The first-order valence-corrected chi connectivity index (χ1v) is 10.7. The van der Waals surface area contributed by atoms with Gasteiger partial charge in [-0.05, 0) is 55.6 Å². The molecule has 0 bridgehead atoms. The Labute approximate surface area is 170 Å². The van der Waals surface area contributed by atoms with Crippen LogP contribution in [0.15, 0.2) is 30.3 Å². The molecule has 1 aromatic heterocycles. The van der Waals surface area contributed by atoms with Crippen molar-refractivity contribution in [2.45, 2.75) is 45.1 Å². The highest BCUT2D eigenvalue weighted by Crippen LogP contribution is 2.41. The Morgan fingerprint density at radius 3 is 2.66 bits per heavy atom. The molecule has 7 heteroatoms. The smallest absolute Gasteiger partial charge is 0.289 e. The number of amides is 2. The van der Waals surface area contributed by atoms with Gasteiger partial charge in [-0.1, -0.05) is 18.2 Å². The van der Waals surface area contributed by atoms with Gasteiger partial charge < -0.3 is 14.8 Å². The zero-order chi connectivity index (χ0) is 19.8. The average Bonchev–Trinajstić information content (AvgIpc) is 3.39. The Hall–Kier alpha value is -2.70. The first kappa shape index (κ1) is 18.3. The molecule has 0 radical (unpaired) electrons. The van der Waals surface area contributed by atoms with Crippen molar-refractivity contribution in [2.75, 3.05) is 19.6 Å². The lowest BCUT2D eigenvalue weighted by Crippen LogP contribution is -2.32. The largest absolute Gasteiger partial charge is 0.349 e. The highest BCUT2D eigenvalue weighted by molar-refractivity contribution is 5.94. The minimum absolute atomic E-state index is 0.104. The number of hydrogen-bond donors (Lipinski definition) is 1. The molecule has 2 amide bonds. The highest BCUT2D eigenvalue weighted by atomic mass is 16.2. The molecule has 3 heterocycles. The Balaban J connectivity index is 1.26. The van der Waals surface area contributed by atoms with Gasteiger partial charge in [0.25, 0.3) is 11.8 Å². The van der Waals surface area contributed by atoms with Crippen LogP contribution < -0.4 is 5.32 Å². The van der Waals surface area contributed by atoms with Crippen molar-refractivity contribution in [3.05, 3.63) is 47.5 Å². The van der Waals surface area contributed by atoms with E-state index in [0.717, 1.165) is 63.3 Å². The van der Waals surface area contributed by atoms with Crippen LogP contribution in [0.5, 0.6) is 0 Å². The van der Waals surface area contributed by atoms with E-state index in [4.69, 9.17) is 0 Å². The van der Waals surface area contributed by atoms with Crippen molar-refractivity contribution in [1.82, 2.24) is 25.0 Å². The molecule has 1 aliphatic carbocycles. The second-order valence-corrected chi connectivity index (χ2v) is 8.84. The topological polar surface area (TPSA) is 80.1 Å². The fourth-order valence-electron chi connectivity index (χ4n) is 4.69. The number of likely N-dealkylation sites (tertiary alicyclic amines) is 1. The molecule has 2 aliphatic heterocycles. The molecule has 152 valence electrons. The fraction of sp³-hybridized carbons (Fsp3) is 0.545. The normalized spacial score (nSPS) is 23.7. The number of hydrogen-bond acceptors (Lipinski definition) is 4. The van der Waals surface area contributed by atoms with Crippen LogP contribution in [0, 0.1) is 11.3 Å². The zero-order valence-electron chi connectivity index (χ0n) is 16.6. The van der Waals surface area contributed by atoms with Crippen LogP contribution >= 0.6 is 0 Å². The lowest BCUT2D eigenvalue weighted by molar-refractivity contribution is 0.0767. The number of rotatable bonds is 4. The summed E-state index contributed by atoms with van der Waals surface area (Å²) in [6.45, 7) is 3.05. The van der Waals surface area contributed by atoms with Gasteiger partial charge in [0, 0.05) is 38.2 Å². The van der Waals surface area contributed by atoms with Gasteiger partial charge in [0.05, 0.1) is 0 Å². The molecule has 5 rings (SSSR count). The summed E-state index contributed by atoms with van der Waals surface area (Å²) in [6.07, 6.45) is 6.15. The van der Waals surface area contributed by atoms with E-state index in [1.165, 1.54) is 12.8 Å². The van der Waals surface area contributed by atoms with E-state index in [1.54, 1.807) is 0 Å². The molecule has 1 aromatic carbocycles. The van der Waals surface area contributed by atoms with Gasteiger partial charge in [-0.3, -0.25) is 9.59 Å². The predicted molar refractivity (Wildman–Crippen MR) is 107 cm³/mol. The third-order valence-electron chi connectivity index (χ3n) is 6.77. The highest BCUT2D eigenvalue weighted by Gasteiger charge is 2.41. The van der Waals surface area contributed by atoms with E-state index in [-0.39, 0.29) is 17.2 Å². The monoisotopic (exact) mass is 393 g/mol. The van der Waals surface area contributed by atoms with Gasteiger partial charge in [-0.15, -0.1) is 10.2 Å². The Kier molecular flexibility index (Phi) is 4.60. The second-order valence-electron chi connectivity index (χ2n) is 8.84. The third kappa shape index (κ3) is 3.66. The van der Waals surface area contributed by atoms with E-state index in [9.17, 15) is 9.59 Å². The number of aromatic nitrogens is 3. The SMILES string of the molecule is O=C(NCC1CC1)c1nnc2n1CC[C@]1(CC2)CCN(C(=O)c2ccccc2)C1. The standard InChI is InChI=1S/C22H27N5O2/c28-20(23-14-16-6-7-16)19-25-24-18-8-9-22(11-13-27(18)19)10-12-26(15-22)21(29)17-4-2-1-3-5-17/h1-5,16H,6-15H2,(H,23,28)/t22-/m0/s1. The van der Waals surface area contributed by atoms with Crippen molar-refractivity contribution in [1.29, 1.82) is 0 Å². The quantitative estimate of drug-likeness (QED) is 0.864. The molecule has 2 aromatic rings. The summed E-state index contributed by atoms with van der Waals surface area (Å²) in [5, 5.41) is 11.5. The number of nitrogens with zero attached hydrogens (tertiary/aromatic N) is 4. The van der Waals surface area contributed by atoms with Crippen molar-refractivity contribution in [2.24, 2.45) is 11.3 Å². The van der Waals surface area contributed by atoms with E-state index in [0.29, 0.717) is 11.7 Å². The molecular weight excluding hydrogens is 366 g/mol. The van der Waals surface area contributed by atoms with Gasteiger partial charge in [0.2, 0.25) is 5.82 Å². The first-order valence-electron chi connectivity index (χ1n) is 10.7. The average molecular weight is 393 g/mol. The van der Waals surface area contributed by atoms with Crippen LogP contribution in [0.4, 0.5) is 0 Å². The summed E-state index contributed by atoms with van der Waals surface area (Å²) < 4.78 is 2.00. The van der Waals surface area contributed by atoms with Crippen LogP contribution in [0.1, 0.15) is 58.9 Å². The van der Waals surface area contributed by atoms with E-state index in [2.05, 4.69) is 15.5 Å². The van der Waals surface area contributed by atoms with Crippen LogP contribution in [0.25, 0.3) is 0 Å². The van der Waals surface area contributed by atoms with Gasteiger partial charge in [0.15, 0.2) is 0 Å². The summed E-state index contributed by atoms with van der Waals surface area (Å²) in [5.74, 6) is 1.98. The first-order chi connectivity index (χ1) is 14.1. The van der Waals surface area contributed by atoms with Crippen molar-refractivity contribution in [3.63, 3.8) is 0 Å².